The molecule has 20 heavy (non-hydrogen) atoms. The normalized spacial score (nSPS) is 19.4. The van der Waals surface area contributed by atoms with Crippen molar-refractivity contribution in [3.8, 4) is 0 Å². The predicted octanol–water partition coefficient (Wildman–Crippen LogP) is 3.47. The Labute approximate surface area is 123 Å². The van der Waals surface area contributed by atoms with Crippen molar-refractivity contribution in [1.29, 1.82) is 0 Å². The topological polar surface area (TPSA) is 55.1 Å². The summed E-state index contributed by atoms with van der Waals surface area (Å²) in [6.07, 6.45) is 6.32. The van der Waals surface area contributed by atoms with Gasteiger partial charge in [0.1, 0.15) is 17.3 Å². The number of rotatable bonds is 2. The zero-order valence-electron chi connectivity index (χ0n) is 12.1. The minimum absolute atomic E-state index is 0.464. The molecule has 0 saturated heterocycles. The van der Waals surface area contributed by atoms with Gasteiger partial charge in [0.05, 0.1) is 0 Å². The first-order valence-corrected chi connectivity index (χ1v) is 7.46. The highest BCUT2D eigenvalue weighted by molar-refractivity contribution is 6.30. The van der Waals surface area contributed by atoms with Gasteiger partial charge in [-0.25, -0.2) is 0 Å². The molecule has 0 amide bonds. The molecule has 108 valence electrons. The number of nitrogens with one attached hydrogen (secondary N) is 1. The molecular formula is C14H20ClN5. The lowest BCUT2D eigenvalue weighted by atomic mass is 9.75. The first-order chi connectivity index (χ1) is 9.46. The van der Waals surface area contributed by atoms with E-state index in [2.05, 4.69) is 34.2 Å². The van der Waals surface area contributed by atoms with Crippen molar-refractivity contribution in [2.24, 2.45) is 5.41 Å². The number of anilines is 1. The number of halogens is 1. The van der Waals surface area contributed by atoms with Crippen LogP contribution in [0.4, 0.5) is 5.82 Å². The average molecular weight is 294 g/mol. The maximum Gasteiger partial charge on any atom is 0.255 e. The largest absolute Gasteiger partial charge is 0.367 e. The zero-order chi connectivity index (χ0) is 14.3. The number of nitrogens with zero attached hydrogens (tertiary/aromatic N) is 4. The molecule has 1 aliphatic rings. The Morgan fingerprint density at radius 2 is 2.05 bits per heavy atom. The van der Waals surface area contributed by atoms with Crippen molar-refractivity contribution < 1.29 is 0 Å². The van der Waals surface area contributed by atoms with Gasteiger partial charge in [-0.3, -0.25) is 0 Å². The van der Waals surface area contributed by atoms with Crippen molar-refractivity contribution in [3.05, 3.63) is 17.0 Å². The highest BCUT2D eigenvalue weighted by Crippen LogP contribution is 2.36. The van der Waals surface area contributed by atoms with E-state index in [4.69, 9.17) is 11.6 Å². The molecule has 5 nitrogen and oxygen atoms in total. The Morgan fingerprint density at radius 3 is 2.75 bits per heavy atom. The molecule has 0 radical (unpaired) electrons. The fourth-order valence-electron chi connectivity index (χ4n) is 2.80. The molecule has 1 aliphatic carbocycles. The Hall–Kier alpha value is -1.36. The van der Waals surface area contributed by atoms with Crippen molar-refractivity contribution in [2.45, 2.75) is 52.5 Å². The van der Waals surface area contributed by atoms with Gasteiger partial charge >= 0.3 is 0 Å². The summed E-state index contributed by atoms with van der Waals surface area (Å²) < 4.78 is 1.74. The van der Waals surface area contributed by atoms with Gasteiger partial charge in [0, 0.05) is 11.6 Å². The van der Waals surface area contributed by atoms with E-state index >= 15 is 0 Å². The second-order valence-electron chi connectivity index (χ2n) is 6.43. The average Bonchev–Trinajstić information content (AvgIpc) is 2.84. The van der Waals surface area contributed by atoms with Crippen LogP contribution in [-0.2, 0) is 0 Å². The van der Waals surface area contributed by atoms with Gasteiger partial charge in [-0.05, 0) is 38.0 Å². The highest BCUT2D eigenvalue weighted by atomic mass is 35.5. The Balaban J connectivity index is 1.87. The standard InChI is InChI=1S/C14H20ClN5/c1-9-11(15)19-13-16-8-17-20(13)12(9)18-10-4-6-14(2,3)7-5-10/h8,10,18H,4-7H2,1-3H3. The van der Waals surface area contributed by atoms with E-state index in [9.17, 15) is 0 Å². The summed E-state index contributed by atoms with van der Waals surface area (Å²) in [5.41, 5.74) is 1.39. The molecule has 0 aromatic carbocycles. The molecule has 1 saturated carbocycles. The van der Waals surface area contributed by atoms with E-state index in [1.165, 1.54) is 32.0 Å². The van der Waals surface area contributed by atoms with E-state index in [-0.39, 0.29) is 0 Å². The molecule has 6 heteroatoms. The second kappa shape index (κ2) is 4.88. The molecule has 0 atom stereocenters. The van der Waals surface area contributed by atoms with Crippen LogP contribution in [0.25, 0.3) is 5.78 Å². The minimum atomic E-state index is 0.464. The SMILES string of the molecule is Cc1c(Cl)nc2ncnn2c1NC1CCC(C)(C)CC1. The molecule has 0 aliphatic heterocycles. The molecule has 1 fully saturated rings. The van der Waals surface area contributed by atoms with Crippen LogP contribution < -0.4 is 5.32 Å². The highest BCUT2D eigenvalue weighted by Gasteiger charge is 2.27. The number of hydrogen-bond acceptors (Lipinski definition) is 4. The third-order valence-corrected chi connectivity index (χ3v) is 4.65. The lowest BCUT2D eigenvalue weighted by Gasteiger charge is -2.35. The minimum Gasteiger partial charge on any atom is -0.367 e. The summed E-state index contributed by atoms with van der Waals surface area (Å²) in [4.78, 5) is 8.34. The third kappa shape index (κ3) is 2.46. The van der Waals surface area contributed by atoms with Gasteiger partial charge < -0.3 is 5.32 Å². The number of hydrogen-bond donors (Lipinski definition) is 1. The lowest BCUT2D eigenvalue weighted by Crippen LogP contribution is -2.31. The molecule has 0 unspecified atom stereocenters. The first-order valence-electron chi connectivity index (χ1n) is 7.09. The van der Waals surface area contributed by atoms with Gasteiger partial charge in [0.2, 0.25) is 0 Å². The summed E-state index contributed by atoms with van der Waals surface area (Å²) in [6, 6.07) is 0.465. The van der Waals surface area contributed by atoms with E-state index in [1.54, 1.807) is 4.52 Å². The maximum atomic E-state index is 6.18. The summed E-state index contributed by atoms with van der Waals surface area (Å²) in [5, 5.41) is 8.32. The lowest BCUT2D eigenvalue weighted by molar-refractivity contribution is 0.232. The fraction of sp³-hybridized carbons (Fsp3) is 0.643. The van der Waals surface area contributed by atoms with Gasteiger partial charge in [-0.2, -0.15) is 19.6 Å². The predicted molar refractivity (Wildman–Crippen MR) is 80.2 cm³/mol. The maximum absolute atomic E-state index is 6.18. The molecule has 2 heterocycles. The molecule has 1 N–H and O–H groups in total. The summed E-state index contributed by atoms with van der Waals surface area (Å²) in [5.74, 6) is 1.46. The second-order valence-corrected chi connectivity index (χ2v) is 6.79. The van der Waals surface area contributed by atoms with Crippen molar-refractivity contribution in [1.82, 2.24) is 19.6 Å². The van der Waals surface area contributed by atoms with E-state index in [1.807, 2.05) is 6.92 Å². The Morgan fingerprint density at radius 1 is 1.35 bits per heavy atom. The van der Waals surface area contributed by atoms with Crippen molar-refractivity contribution in [2.75, 3.05) is 5.32 Å². The fourth-order valence-corrected chi connectivity index (χ4v) is 2.97. The molecular weight excluding hydrogens is 274 g/mol. The van der Waals surface area contributed by atoms with E-state index in [0.717, 1.165) is 11.4 Å². The van der Waals surface area contributed by atoms with Crippen LogP contribution >= 0.6 is 11.6 Å². The van der Waals surface area contributed by atoms with Gasteiger partial charge in [-0.15, -0.1) is 0 Å². The van der Waals surface area contributed by atoms with Crippen molar-refractivity contribution in [3.63, 3.8) is 0 Å². The van der Waals surface area contributed by atoms with Crippen LogP contribution in [0.5, 0.6) is 0 Å². The van der Waals surface area contributed by atoms with Gasteiger partial charge in [0.25, 0.3) is 5.78 Å². The molecule has 0 spiro atoms. The first kappa shape index (κ1) is 13.6. The molecule has 3 rings (SSSR count). The van der Waals surface area contributed by atoms with Crippen LogP contribution in [0.15, 0.2) is 6.33 Å². The molecule has 0 bridgehead atoms. The summed E-state index contributed by atoms with van der Waals surface area (Å²) >= 11 is 6.18. The Bertz CT molecular complexity index is 624. The number of aromatic nitrogens is 4. The Kier molecular flexibility index (Phi) is 3.32. The number of fused-ring (bicyclic) bond motifs is 1. The zero-order valence-corrected chi connectivity index (χ0v) is 12.9. The molecule has 2 aromatic rings. The summed E-state index contributed by atoms with van der Waals surface area (Å²) in [7, 11) is 0. The van der Waals surface area contributed by atoms with Crippen LogP contribution in [-0.4, -0.2) is 25.6 Å². The van der Waals surface area contributed by atoms with Crippen molar-refractivity contribution >= 4 is 23.2 Å². The third-order valence-electron chi connectivity index (χ3n) is 4.28. The quantitative estimate of drug-likeness (QED) is 0.862. The summed E-state index contributed by atoms with van der Waals surface area (Å²) in [6.45, 7) is 6.65. The molecule has 2 aromatic heterocycles. The van der Waals surface area contributed by atoms with Crippen LogP contribution in [0.2, 0.25) is 5.15 Å². The van der Waals surface area contributed by atoms with E-state index < -0.39 is 0 Å². The van der Waals surface area contributed by atoms with E-state index in [0.29, 0.717) is 22.4 Å². The van der Waals surface area contributed by atoms with Gasteiger partial charge in [0.15, 0.2) is 0 Å². The van der Waals surface area contributed by atoms with Crippen LogP contribution in [0, 0.1) is 12.3 Å². The monoisotopic (exact) mass is 293 g/mol. The van der Waals surface area contributed by atoms with Gasteiger partial charge in [-0.1, -0.05) is 25.4 Å². The van der Waals surface area contributed by atoms with Crippen LogP contribution in [0.1, 0.15) is 45.1 Å². The van der Waals surface area contributed by atoms with Crippen LogP contribution in [0.3, 0.4) is 0 Å². The smallest absolute Gasteiger partial charge is 0.255 e.